The lowest BCUT2D eigenvalue weighted by atomic mass is 10.0. The molecule has 0 spiro atoms. The van der Waals surface area contributed by atoms with Crippen molar-refractivity contribution in [3.63, 3.8) is 0 Å². The van der Waals surface area contributed by atoms with E-state index in [1.165, 1.54) is 19.3 Å². The van der Waals surface area contributed by atoms with Crippen LogP contribution in [0.3, 0.4) is 0 Å². The first-order chi connectivity index (χ1) is 20.1. The van der Waals surface area contributed by atoms with E-state index in [9.17, 15) is 9.59 Å². The van der Waals surface area contributed by atoms with Crippen molar-refractivity contribution in [2.24, 2.45) is 0 Å². The highest BCUT2D eigenvalue weighted by atomic mass is 16.5. The average Bonchev–Trinajstić information content (AvgIpc) is 3.42. The quantitative estimate of drug-likeness (QED) is 0.316. The highest BCUT2D eigenvalue weighted by molar-refractivity contribution is 5.83. The van der Waals surface area contributed by atoms with Gasteiger partial charge in [0, 0.05) is 69.3 Å². The van der Waals surface area contributed by atoms with E-state index >= 15 is 0 Å². The molecule has 9 heteroatoms. The Morgan fingerprint density at radius 1 is 0.878 bits per heavy atom. The number of methoxy groups -OCH3 is 1. The van der Waals surface area contributed by atoms with Gasteiger partial charge >= 0.3 is 0 Å². The third-order valence-electron chi connectivity index (χ3n) is 8.31. The van der Waals surface area contributed by atoms with E-state index in [4.69, 9.17) is 4.74 Å². The third-order valence-corrected chi connectivity index (χ3v) is 8.31. The van der Waals surface area contributed by atoms with E-state index in [1.807, 2.05) is 42.6 Å². The summed E-state index contributed by atoms with van der Waals surface area (Å²) in [6, 6.07) is 15.7. The number of carbonyl (C=O) groups excluding carboxylic acids is 2. The molecule has 0 saturated carbocycles. The molecule has 2 fully saturated rings. The molecule has 2 aromatic carbocycles. The van der Waals surface area contributed by atoms with Crippen LogP contribution < -0.4 is 15.4 Å². The fraction of sp³-hybridized carbons (Fsp3) is 0.500. The molecule has 220 valence electrons. The van der Waals surface area contributed by atoms with Crippen LogP contribution in [-0.4, -0.2) is 97.2 Å². The van der Waals surface area contributed by atoms with Gasteiger partial charge in [-0.3, -0.25) is 14.5 Å². The number of piperazine rings is 1. The highest BCUT2D eigenvalue weighted by Crippen LogP contribution is 2.20. The zero-order valence-corrected chi connectivity index (χ0v) is 24.2. The maximum atomic E-state index is 13.2. The van der Waals surface area contributed by atoms with Crippen molar-refractivity contribution in [1.29, 1.82) is 0 Å². The summed E-state index contributed by atoms with van der Waals surface area (Å²) >= 11 is 0. The number of hydrogen-bond donors (Lipinski definition) is 3. The summed E-state index contributed by atoms with van der Waals surface area (Å²) in [5.41, 5.74) is 3.21. The van der Waals surface area contributed by atoms with E-state index in [2.05, 4.69) is 42.7 Å². The number of nitrogens with one attached hydrogen (secondary N) is 3. The van der Waals surface area contributed by atoms with Crippen LogP contribution in [0, 0.1) is 0 Å². The van der Waals surface area contributed by atoms with E-state index in [-0.39, 0.29) is 17.9 Å². The summed E-state index contributed by atoms with van der Waals surface area (Å²) in [7, 11) is 1.64. The Kier molecular flexibility index (Phi) is 10.3. The largest absolute Gasteiger partial charge is 0.496 e. The minimum absolute atomic E-state index is 0.00420. The van der Waals surface area contributed by atoms with Crippen molar-refractivity contribution in [3.8, 4) is 5.75 Å². The van der Waals surface area contributed by atoms with E-state index in [0.29, 0.717) is 32.4 Å². The second-order valence-corrected chi connectivity index (χ2v) is 11.2. The predicted octanol–water partition coefficient (Wildman–Crippen LogP) is 2.97. The Balaban J connectivity index is 1.15. The Labute approximate surface area is 243 Å². The lowest BCUT2D eigenvalue weighted by Gasteiger charge is -2.42. The fourth-order valence-corrected chi connectivity index (χ4v) is 6.04. The number of carbonyl (C=O) groups is 2. The molecule has 0 aliphatic carbocycles. The topological polar surface area (TPSA) is 92.9 Å². The molecule has 2 aliphatic rings. The van der Waals surface area contributed by atoms with Gasteiger partial charge in [-0.2, -0.15) is 0 Å². The maximum Gasteiger partial charge on any atom is 0.234 e. The van der Waals surface area contributed by atoms with Gasteiger partial charge < -0.3 is 20.4 Å². The first-order valence-corrected chi connectivity index (χ1v) is 15.0. The molecule has 0 radical (unpaired) electrons. The van der Waals surface area contributed by atoms with Gasteiger partial charge in [0.15, 0.2) is 0 Å². The van der Waals surface area contributed by atoms with Crippen LogP contribution in [0.2, 0.25) is 0 Å². The molecule has 0 bridgehead atoms. The minimum atomic E-state index is -0.216. The van der Waals surface area contributed by atoms with E-state index in [1.54, 1.807) is 7.11 Å². The van der Waals surface area contributed by atoms with Crippen molar-refractivity contribution in [2.75, 3.05) is 59.5 Å². The average molecular weight is 561 g/mol. The van der Waals surface area contributed by atoms with Crippen LogP contribution in [0.5, 0.6) is 5.75 Å². The Bertz CT molecular complexity index is 1280. The first kappa shape index (κ1) is 29.1. The number of H-pyrrole nitrogens is 1. The molecular weight excluding hydrogens is 516 g/mol. The smallest absolute Gasteiger partial charge is 0.234 e. The number of aryl methyl sites for hydroxylation is 1. The molecule has 2 saturated heterocycles. The molecule has 41 heavy (non-hydrogen) atoms. The summed E-state index contributed by atoms with van der Waals surface area (Å²) in [5.74, 6) is 0.758. The Morgan fingerprint density at radius 3 is 2.41 bits per heavy atom. The number of amides is 2. The molecule has 1 aromatic heterocycles. The van der Waals surface area contributed by atoms with Gasteiger partial charge in [0.2, 0.25) is 11.8 Å². The summed E-state index contributed by atoms with van der Waals surface area (Å²) < 4.78 is 5.42. The molecule has 3 heterocycles. The number of benzene rings is 2. The fourth-order valence-electron chi connectivity index (χ4n) is 6.04. The molecule has 2 aliphatic heterocycles. The molecule has 1 atom stereocenters. The predicted molar refractivity (Wildman–Crippen MR) is 162 cm³/mol. The van der Waals surface area contributed by atoms with Crippen molar-refractivity contribution in [3.05, 3.63) is 65.9 Å². The zero-order valence-electron chi connectivity index (χ0n) is 24.2. The number of rotatable bonds is 12. The van der Waals surface area contributed by atoms with Crippen LogP contribution in [-0.2, 0) is 22.4 Å². The van der Waals surface area contributed by atoms with Crippen LogP contribution in [0.4, 0.5) is 0 Å². The molecule has 3 aromatic rings. The van der Waals surface area contributed by atoms with Crippen LogP contribution in [0.15, 0.2) is 54.7 Å². The van der Waals surface area contributed by atoms with Crippen LogP contribution in [0.25, 0.3) is 10.9 Å². The van der Waals surface area contributed by atoms with Gasteiger partial charge in [0.05, 0.1) is 19.7 Å². The van der Waals surface area contributed by atoms with Gasteiger partial charge in [-0.05, 0) is 48.9 Å². The monoisotopic (exact) mass is 560 g/mol. The molecule has 3 N–H and O–H groups in total. The normalized spacial score (nSPS) is 17.8. The second-order valence-electron chi connectivity index (χ2n) is 11.2. The van der Waals surface area contributed by atoms with Gasteiger partial charge in [0.1, 0.15) is 5.75 Å². The summed E-state index contributed by atoms with van der Waals surface area (Å²) in [6.07, 6.45) is 7.47. The van der Waals surface area contributed by atoms with E-state index in [0.717, 1.165) is 67.0 Å². The van der Waals surface area contributed by atoms with Crippen molar-refractivity contribution in [1.82, 2.24) is 30.5 Å². The number of piperidine rings is 1. The van der Waals surface area contributed by atoms with Crippen molar-refractivity contribution >= 4 is 22.7 Å². The Hall–Kier alpha value is -3.40. The molecule has 5 rings (SSSR count). The van der Waals surface area contributed by atoms with Crippen molar-refractivity contribution < 1.29 is 14.3 Å². The number of aromatic amines is 1. The molecular formula is C32H44N6O3. The second kappa shape index (κ2) is 14.5. The Morgan fingerprint density at radius 2 is 1.61 bits per heavy atom. The SMILES string of the molecule is COc1ccccc1CCC(=O)NCC(Cc1c[nH]c2ccccc12)NC(=O)CN1CCN(N2CCCCC2)CC1. The minimum Gasteiger partial charge on any atom is -0.496 e. The summed E-state index contributed by atoms with van der Waals surface area (Å²) in [5, 5.41) is 12.4. The standard InChI is InChI=1S/C32H44N6O3/c1-41-30-12-6-3-9-25(30)13-14-31(39)34-23-27(21-26-22-33-29-11-5-4-10-28(26)29)35-32(40)24-36-17-19-38(20-18-36)37-15-7-2-8-16-37/h3-6,9-12,22,27,33H,2,7-8,13-21,23-24H2,1H3,(H,34,39)(H,35,40). The lowest BCUT2D eigenvalue weighted by molar-refractivity contribution is -0.125. The van der Waals surface area contributed by atoms with Gasteiger partial charge in [-0.1, -0.05) is 42.8 Å². The number of ether oxygens (including phenoxy) is 1. The molecule has 2 amide bonds. The van der Waals surface area contributed by atoms with Gasteiger partial charge in [-0.25, -0.2) is 10.0 Å². The summed E-state index contributed by atoms with van der Waals surface area (Å²) in [6.45, 7) is 6.76. The van der Waals surface area contributed by atoms with E-state index < -0.39 is 0 Å². The molecule has 9 nitrogen and oxygen atoms in total. The third kappa shape index (κ3) is 8.09. The van der Waals surface area contributed by atoms with Gasteiger partial charge in [0.25, 0.3) is 0 Å². The number of nitrogens with zero attached hydrogens (tertiary/aromatic N) is 3. The lowest BCUT2D eigenvalue weighted by Crippen LogP contribution is -2.56. The highest BCUT2D eigenvalue weighted by Gasteiger charge is 2.25. The van der Waals surface area contributed by atoms with Crippen LogP contribution >= 0.6 is 0 Å². The first-order valence-electron chi connectivity index (χ1n) is 15.0. The number of hydrogen-bond acceptors (Lipinski definition) is 6. The number of aromatic nitrogens is 1. The number of fused-ring (bicyclic) bond motifs is 1. The number of hydrazine groups is 1. The van der Waals surface area contributed by atoms with Crippen molar-refractivity contribution in [2.45, 2.75) is 44.6 Å². The molecule has 1 unspecified atom stereocenters. The maximum absolute atomic E-state index is 13.2. The number of para-hydroxylation sites is 2. The zero-order chi connectivity index (χ0) is 28.4. The summed E-state index contributed by atoms with van der Waals surface area (Å²) in [4.78, 5) is 31.6. The van der Waals surface area contributed by atoms with Gasteiger partial charge in [-0.15, -0.1) is 0 Å². The van der Waals surface area contributed by atoms with Crippen LogP contribution in [0.1, 0.15) is 36.8 Å².